The number of nitrogens with one attached hydrogen (secondary N) is 1. The van der Waals surface area contributed by atoms with Gasteiger partial charge >= 0.3 is 0 Å². The molecule has 1 aliphatic rings. The molecular weight excluding hydrogens is 181 g/mol. The first-order valence-electron chi connectivity index (χ1n) is 4.81. The van der Waals surface area contributed by atoms with Gasteiger partial charge in [-0.25, -0.2) is 4.39 Å². The molecule has 0 aliphatic carbocycles. The van der Waals surface area contributed by atoms with Crippen molar-refractivity contribution < 1.29 is 9.50 Å². The van der Waals surface area contributed by atoms with Gasteiger partial charge in [-0.05, 0) is 37.1 Å². The number of aromatic hydroxyl groups is 1. The average molecular weight is 195 g/mol. The topological polar surface area (TPSA) is 32.3 Å². The summed E-state index contributed by atoms with van der Waals surface area (Å²) >= 11 is 0. The van der Waals surface area contributed by atoms with Gasteiger partial charge in [0, 0.05) is 18.7 Å². The van der Waals surface area contributed by atoms with Crippen LogP contribution in [0.2, 0.25) is 0 Å². The smallest absolute Gasteiger partial charge is 0.116 e. The van der Waals surface area contributed by atoms with Crippen molar-refractivity contribution in [2.75, 3.05) is 11.9 Å². The average Bonchev–Trinajstić information content (AvgIpc) is 2.21. The predicted octanol–water partition coefficient (Wildman–Crippen LogP) is 2.48. The number of phenols is 1. The van der Waals surface area contributed by atoms with E-state index < -0.39 is 5.67 Å². The van der Waals surface area contributed by atoms with Crippen molar-refractivity contribution in [2.45, 2.75) is 25.4 Å². The summed E-state index contributed by atoms with van der Waals surface area (Å²) in [6.07, 6.45) is 0.867. The first-order chi connectivity index (χ1) is 6.57. The predicted molar refractivity (Wildman–Crippen MR) is 54.4 cm³/mol. The number of alkyl halides is 1. The van der Waals surface area contributed by atoms with Gasteiger partial charge in [0.05, 0.1) is 0 Å². The van der Waals surface area contributed by atoms with Crippen LogP contribution in [-0.4, -0.2) is 17.3 Å². The molecule has 0 aromatic heterocycles. The molecule has 0 saturated carbocycles. The molecule has 0 fully saturated rings. The third kappa shape index (κ3) is 1.81. The molecule has 0 spiro atoms. The maximum atomic E-state index is 13.8. The molecule has 1 aliphatic heterocycles. The van der Waals surface area contributed by atoms with Crippen molar-refractivity contribution in [1.29, 1.82) is 0 Å². The van der Waals surface area contributed by atoms with Crippen molar-refractivity contribution >= 4 is 5.69 Å². The minimum absolute atomic E-state index is 0.197. The molecule has 2 nitrogen and oxygen atoms in total. The van der Waals surface area contributed by atoms with E-state index >= 15 is 0 Å². The highest BCUT2D eigenvalue weighted by Crippen LogP contribution is 2.31. The van der Waals surface area contributed by atoms with Gasteiger partial charge in [0.2, 0.25) is 0 Å². The number of anilines is 1. The van der Waals surface area contributed by atoms with Gasteiger partial charge in [-0.1, -0.05) is 0 Å². The minimum Gasteiger partial charge on any atom is -0.508 e. The number of benzene rings is 1. The molecule has 2 rings (SSSR count). The van der Waals surface area contributed by atoms with Crippen LogP contribution in [0.25, 0.3) is 0 Å². The van der Waals surface area contributed by atoms with Crippen LogP contribution in [0.5, 0.6) is 5.75 Å². The fourth-order valence-electron chi connectivity index (χ4n) is 1.84. The number of halogens is 1. The van der Waals surface area contributed by atoms with Crippen LogP contribution in [0.15, 0.2) is 18.2 Å². The molecule has 0 bridgehead atoms. The van der Waals surface area contributed by atoms with E-state index in [9.17, 15) is 9.50 Å². The highest BCUT2D eigenvalue weighted by molar-refractivity contribution is 5.55. The Morgan fingerprint density at radius 1 is 1.50 bits per heavy atom. The van der Waals surface area contributed by atoms with Crippen molar-refractivity contribution in [3.05, 3.63) is 23.8 Å². The zero-order valence-corrected chi connectivity index (χ0v) is 8.18. The second kappa shape index (κ2) is 3.15. The van der Waals surface area contributed by atoms with E-state index in [2.05, 4.69) is 5.32 Å². The largest absolute Gasteiger partial charge is 0.508 e. The zero-order chi connectivity index (χ0) is 10.2. The minimum atomic E-state index is -1.17. The number of phenolic OH excluding ortho intramolecular Hbond substituents is 1. The zero-order valence-electron chi connectivity index (χ0n) is 8.18. The fraction of sp³-hybridized carbons (Fsp3) is 0.455. The van der Waals surface area contributed by atoms with Crippen molar-refractivity contribution in [3.8, 4) is 5.75 Å². The number of hydrogen-bond donors (Lipinski definition) is 2. The quantitative estimate of drug-likeness (QED) is 0.623. The first-order valence-corrected chi connectivity index (χ1v) is 4.81. The van der Waals surface area contributed by atoms with Crippen LogP contribution in [-0.2, 0) is 6.42 Å². The van der Waals surface area contributed by atoms with Crippen molar-refractivity contribution in [2.24, 2.45) is 0 Å². The summed E-state index contributed by atoms with van der Waals surface area (Å²) in [7, 11) is 0. The maximum Gasteiger partial charge on any atom is 0.116 e. The van der Waals surface area contributed by atoms with E-state index in [4.69, 9.17) is 0 Å². The highest BCUT2D eigenvalue weighted by atomic mass is 19.1. The summed E-state index contributed by atoms with van der Waals surface area (Å²) in [5.74, 6) is 0.197. The highest BCUT2D eigenvalue weighted by Gasteiger charge is 2.27. The Hall–Kier alpha value is -1.25. The van der Waals surface area contributed by atoms with Gasteiger partial charge in [0.25, 0.3) is 0 Å². The molecule has 0 radical (unpaired) electrons. The lowest BCUT2D eigenvalue weighted by Crippen LogP contribution is -2.21. The molecule has 0 saturated heterocycles. The molecule has 1 heterocycles. The Kier molecular flexibility index (Phi) is 2.10. The SMILES string of the molecule is CC1(F)CCNc2ccc(O)cc2C1. The van der Waals surface area contributed by atoms with E-state index in [0.29, 0.717) is 19.4 Å². The first kappa shape index (κ1) is 9.31. The van der Waals surface area contributed by atoms with Crippen LogP contribution >= 0.6 is 0 Å². The second-order valence-corrected chi connectivity index (χ2v) is 4.11. The molecule has 1 unspecified atom stereocenters. The van der Waals surface area contributed by atoms with Crippen molar-refractivity contribution in [3.63, 3.8) is 0 Å². The second-order valence-electron chi connectivity index (χ2n) is 4.11. The Labute approximate surface area is 82.8 Å². The lowest BCUT2D eigenvalue weighted by Gasteiger charge is -2.16. The molecule has 76 valence electrons. The Morgan fingerprint density at radius 3 is 3.07 bits per heavy atom. The molecule has 2 N–H and O–H groups in total. The van der Waals surface area contributed by atoms with Crippen LogP contribution < -0.4 is 5.32 Å². The molecule has 3 heteroatoms. The molecule has 1 aromatic rings. The van der Waals surface area contributed by atoms with Crippen LogP contribution in [0.3, 0.4) is 0 Å². The van der Waals surface area contributed by atoms with Crippen LogP contribution in [0.1, 0.15) is 18.9 Å². The van der Waals surface area contributed by atoms with Gasteiger partial charge in [-0.3, -0.25) is 0 Å². The van der Waals surface area contributed by atoms with E-state index in [1.54, 1.807) is 25.1 Å². The third-order valence-electron chi connectivity index (χ3n) is 2.61. The monoisotopic (exact) mass is 195 g/mol. The van der Waals surface area contributed by atoms with Gasteiger partial charge in [0.1, 0.15) is 11.4 Å². The number of hydrogen-bond acceptors (Lipinski definition) is 2. The lowest BCUT2D eigenvalue weighted by molar-refractivity contribution is 0.183. The summed E-state index contributed by atoms with van der Waals surface area (Å²) in [5, 5.41) is 12.5. The lowest BCUT2D eigenvalue weighted by atomic mass is 9.96. The van der Waals surface area contributed by atoms with E-state index in [1.165, 1.54) is 0 Å². The summed E-state index contributed by atoms with van der Waals surface area (Å²) < 4.78 is 13.8. The molecule has 14 heavy (non-hydrogen) atoms. The Bertz CT molecular complexity index is 349. The summed E-state index contributed by atoms with van der Waals surface area (Å²) in [6.45, 7) is 2.25. The maximum absolute atomic E-state index is 13.8. The normalized spacial score (nSPS) is 26.1. The summed E-state index contributed by atoms with van der Waals surface area (Å²) in [5.41, 5.74) is 0.614. The molecule has 1 atom stereocenters. The van der Waals surface area contributed by atoms with Crippen molar-refractivity contribution in [1.82, 2.24) is 0 Å². The van der Waals surface area contributed by atoms with Crippen LogP contribution in [0, 0.1) is 0 Å². The van der Waals surface area contributed by atoms with Gasteiger partial charge in [0.15, 0.2) is 0 Å². The van der Waals surface area contributed by atoms with Crippen LogP contribution in [0.4, 0.5) is 10.1 Å². The molecular formula is C11H14FNO. The molecule has 1 aromatic carbocycles. The Balaban J connectivity index is 2.38. The van der Waals surface area contributed by atoms with Gasteiger partial charge in [-0.15, -0.1) is 0 Å². The number of fused-ring (bicyclic) bond motifs is 1. The van der Waals surface area contributed by atoms with Gasteiger partial charge in [-0.2, -0.15) is 0 Å². The summed E-state index contributed by atoms with van der Waals surface area (Å²) in [4.78, 5) is 0. The summed E-state index contributed by atoms with van der Waals surface area (Å²) in [6, 6.07) is 5.05. The standard InChI is InChI=1S/C11H14FNO/c1-11(12)4-5-13-10-3-2-9(14)6-8(10)7-11/h2-3,6,13-14H,4-5,7H2,1H3. The van der Waals surface area contributed by atoms with E-state index in [-0.39, 0.29) is 5.75 Å². The van der Waals surface area contributed by atoms with E-state index in [0.717, 1.165) is 11.3 Å². The molecule has 0 amide bonds. The van der Waals surface area contributed by atoms with E-state index in [1.807, 2.05) is 0 Å². The number of rotatable bonds is 0. The van der Waals surface area contributed by atoms with Gasteiger partial charge < -0.3 is 10.4 Å². The fourth-order valence-corrected chi connectivity index (χ4v) is 1.84. The third-order valence-corrected chi connectivity index (χ3v) is 2.61. The Morgan fingerprint density at radius 2 is 2.29 bits per heavy atom.